The standard InChI is InChI=1S/C15H16N4O3S/c1-4-8-18-14(12-6-5-7-13(9-12)19(21)22)16-17-15(18)23-11(3)10(2)20/h4-7,9,11H,1,8H2,2-3H3/t11-/m1/s1. The van der Waals surface area contributed by atoms with Crippen LogP contribution in [0.4, 0.5) is 5.69 Å². The molecule has 1 heterocycles. The van der Waals surface area contributed by atoms with Crippen LogP contribution in [0.1, 0.15) is 13.8 Å². The molecule has 0 N–H and O–H groups in total. The molecule has 7 nitrogen and oxygen atoms in total. The Bertz CT molecular complexity index is 757. The van der Waals surface area contributed by atoms with Crippen LogP contribution < -0.4 is 0 Å². The second kappa shape index (κ2) is 7.19. The Balaban J connectivity index is 2.44. The summed E-state index contributed by atoms with van der Waals surface area (Å²) in [6, 6.07) is 6.21. The zero-order valence-corrected chi connectivity index (χ0v) is 13.6. The van der Waals surface area contributed by atoms with Crippen molar-refractivity contribution in [2.45, 2.75) is 30.8 Å². The lowest BCUT2D eigenvalue weighted by atomic mass is 10.2. The maximum Gasteiger partial charge on any atom is 0.270 e. The molecular formula is C15H16N4O3S. The molecule has 1 aromatic heterocycles. The third-order valence-corrected chi connectivity index (χ3v) is 4.40. The number of aromatic nitrogens is 3. The van der Waals surface area contributed by atoms with Crippen molar-refractivity contribution in [2.24, 2.45) is 0 Å². The predicted octanol–water partition coefficient (Wildman–Crippen LogP) is 3.11. The number of carbonyl (C=O) groups is 1. The highest BCUT2D eigenvalue weighted by atomic mass is 32.2. The second-order valence-corrected chi connectivity index (χ2v) is 6.19. The number of rotatable bonds is 7. The highest BCUT2D eigenvalue weighted by Crippen LogP contribution is 2.28. The molecule has 0 aliphatic carbocycles. The zero-order valence-electron chi connectivity index (χ0n) is 12.8. The molecule has 0 aliphatic heterocycles. The first-order chi connectivity index (χ1) is 10.9. The molecule has 0 aliphatic rings. The van der Waals surface area contributed by atoms with Gasteiger partial charge in [0.25, 0.3) is 5.69 Å². The van der Waals surface area contributed by atoms with Gasteiger partial charge in [0.05, 0.1) is 10.2 Å². The second-order valence-electron chi connectivity index (χ2n) is 4.88. The smallest absolute Gasteiger partial charge is 0.270 e. The van der Waals surface area contributed by atoms with E-state index in [2.05, 4.69) is 16.8 Å². The van der Waals surface area contributed by atoms with Gasteiger partial charge < -0.3 is 0 Å². The van der Waals surface area contributed by atoms with Gasteiger partial charge in [-0.05, 0) is 13.8 Å². The zero-order chi connectivity index (χ0) is 17.0. The molecule has 2 rings (SSSR count). The van der Waals surface area contributed by atoms with Crippen LogP contribution in [0.15, 0.2) is 42.1 Å². The third-order valence-electron chi connectivity index (χ3n) is 3.20. The highest BCUT2D eigenvalue weighted by Gasteiger charge is 2.19. The first-order valence-corrected chi connectivity index (χ1v) is 7.78. The summed E-state index contributed by atoms with van der Waals surface area (Å²) in [4.78, 5) is 21.9. The average Bonchev–Trinajstić information content (AvgIpc) is 2.90. The van der Waals surface area contributed by atoms with E-state index in [-0.39, 0.29) is 16.7 Å². The number of nitro groups is 1. The summed E-state index contributed by atoms with van der Waals surface area (Å²) in [5.74, 6) is 0.548. The number of hydrogen-bond acceptors (Lipinski definition) is 6. The highest BCUT2D eigenvalue weighted by molar-refractivity contribution is 8.00. The van der Waals surface area contributed by atoms with Crippen LogP contribution in [-0.2, 0) is 11.3 Å². The van der Waals surface area contributed by atoms with Crippen LogP contribution in [0.3, 0.4) is 0 Å². The van der Waals surface area contributed by atoms with Gasteiger partial charge in [0, 0.05) is 24.2 Å². The number of carbonyl (C=O) groups excluding carboxylic acids is 1. The largest absolute Gasteiger partial charge is 0.299 e. The number of benzene rings is 1. The molecule has 23 heavy (non-hydrogen) atoms. The lowest BCUT2D eigenvalue weighted by molar-refractivity contribution is -0.384. The van der Waals surface area contributed by atoms with Gasteiger partial charge in [0.15, 0.2) is 11.0 Å². The van der Waals surface area contributed by atoms with Crippen LogP contribution in [0.5, 0.6) is 0 Å². The van der Waals surface area contributed by atoms with Crippen LogP contribution in [0.2, 0.25) is 0 Å². The Hall–Kier alpha value is -2.48. The van der Waals surface area contributed by atoms with E-state index >= 15 is 0 Å². The van der Waals surface area contributed by atoms with Gasteiger partial charge >= 0.3 is 0 Å². The van der Waals surface area contributed by atoms with Crippen molar-refractivity contribution in [3.8, 4) is 11.4 Å². The molecule has 0 radical (unpaired) electrons. The van der Waals surface area contributed by atoms with E-state index in [1.807, 2.05) is 0 Å². The number of ketones is 1. The summed E-state index contributed by atoms with van der Waals surface area (Å²) in [5.41, 5.74) is 0.581. The van der Waals surface area contributed by atoms with Crippen molar-refractivity contribution < 1.29 is 9.72 Å². The molecule has 0 saturated carbocycles. The van der Waals surface area contributed by atoms with Gasteiger partial charge in [-0.15, -0.1) is 16.8 Å². The molecule has 0 unspecified atom stereocenters. The summed E-state index contributed by atoms with van der Waals surface area (Å²) in [6.07, 6.45) is 1.69. The summed E-state index contributed by atoms with van der Waals surface area (Å²) in [5, 5.41) is 19.5. The van der Waals surface area contributed by atoms with Gasteiger partial charge in [-0.1, -0.05) is 30.0 Å². The quantitative estimate of drug-likeness (QED) is 0.335. The number of thioether (sulfide) groups is 1. The first-order valence-electron chi connectivity index (χ1n) is 6.90. The van der Waals surface area contributed by atoms with E-state index < -0.39 is 4.92 Å². The van der Waals surface area contributed by atoms with E-state index in [0.29, 0.717) is 23.1 Å². The predicted molar refractivity (Wildman–Crippen MR) is 88.3 cm³/mol. The Labute approximate surface area is 137 Å². The lowest BCUT2D eigenvalue weighted by Gasteiger charge is -2.10. The van der Waals surface area contributed by atoms with Gasteiger partial charge in [-0.25, -0.2) is 0 Å². The Morgan fingerprint density at radius 3 is 2.87 bits per heavy atom. The summed E-state index contributed by atoms with van der Waals surface area (Å²) in [6.45, 7) is 7.47. The van der Waals surface area contributed by atoms with E-state index in [0.717, 1.165) is 0 Å². The molecule has 0 saturated heterocycles. The van der Waals surface area contributed by atoms with Gasteiger partial charge in [0.1, 0.15) is 5.78 Å². The topological polar surface area (TPSA) is 90.9 Å². The molecule has 0 fully saturated rings. The number of hydrogen-bond donors (Lipinski definition) is 0. The van der Waals surface area contributed by atoms with Crippen LogP contribution in [0, 0.1) is 10.1 Å². The van der Waals surface area contributed by atoms with Crippen molar-refractivity contribution in [2.75, 3.05) is 0 Å². The molecule has 0 spiro atoms. The van der Waals surface area contributed by atoms with Crippen molar-refractivity contribution in [3.63, 3.8) is 0 Å². The third kappa shape index (κ3) is 3.84. The van der Waals surface area contributed by atoms with Crippen molar-refractivity contribution in [3.05, 3.63) is 47.0 Å². The van der Waals surface area contributed by atoms with Crippen molar-refractivity contribution >= 4 is 23.2 Å². The molecule has 0 bridgehead atoms. The Kier molecular flexibility index (Phi) is 5.28. The molecule has 1 aromatic carbocycles. The van der Waals surface area contributed by atoms with Crippen molar-refractivity contribution in [1.82, 2.24) is 14.8 Å². The van der Waals surface area contributed by atoms with E-state index in [9.17, 15) is 14.9 Å². The number of nitrogens with zero attached hydrogens (tertiary/aromatic N) is 4. The van der Waals surface area contributed by atoms with E-state index in [1.54, 1.807) is 29.7 Å². The Morgan fingerprint density at radius 2 is 2.26 bits per heavy atom. The average molecular weight is 332 g/mol. The monoisotopic (exact) mass is 332 g/mol. The van der Waals surface area contributed by atoms with Crippen LogP contribution in [-0.4, -0.2) is 30.7 Å². The number of allylic oxidation sites excluding steroid dienone is 1. The summed E-state index contributed by atoms with van der Waals surface area (Å²) in [7, 11) is 0. The fourth-order valence-corrected chi connectivity index (χ4v) is 2.74. The minimum atomic E-state index is -0.453. The van der Waals surface area contributed by atoms with Gasteiger partial charge in [-0.2, -0.15) is 0 Å². The minimum Gasteiger partial charge on any atom is -0.299 e. The van der Waals surface area contributed by atoms with Crippen LogP contribution in [0.25, 0.3) is 11.4 Å². The normalized spacial score (nSPS) is 11.9. The molecular weight excluding hydrogens is 316 g/mol. The maximum absolute atomic E-state index is 11.4. The minimum absolute atomic E-state index is 0.0121. The summed E-state index contributed by atoms with van der Waals surface area (Å²) >= 11 is 1.30. The molecule has 2 aromatic rings. The first kappa shape index (κ1) is 16.9. The van der Waals surface area contributed by atoms with Crippen molar-refractivity contribution in [1.29, 1.82) is 0 Å². The van der Waals surface area contributed by atoms with Gasteiger partial charge in [-0.3, -0.25) is 19.5 Å². The maximum atomic E-state index is 11.4. The van der Waals surface area contributed by atoms with E-state index in [1.165, 1.54) is 30.8 Å². The Morgan fingerprint density at radius 1 is 1.52 bits per heavy atom. The molecule has 8 heteroatoms. The van der Waals surface area contributed by atoms with E-state index in [4.69, 9.17) is 0 Å². The fraction of sp³-hybridized carbons (Fsp3) is 0.267. The summed E-state index contributed by atoms with van der Waals surface area (Å²) < 4.78 is 1.79. The molecule has 1 atom stereocenters. The SMILES string of the molecule is C=CCn1c(S[C@H](C)C(C)=O)nnc1-c1cccc([N+](=O)[O-])c1. The number of Topliss-reactive ketones (excluding diaryl/α,β-unsaturated/α-hetero) is 1. The molecule has 0 amide bonds. The fourth-order valence-electron chi connectivity index (χ4n) is 1.88. The van der Waals surface area contributed by atoms with Gasteiger partial charge in [0.2, 0.25) is 0 Å². The lowest BCUT2D eigenvalue weighted by Crippen LogP contribution is -2.10. The molecule has 120 valence electrons. The number of non-ortho nitro benzene ring substituents is 1. The van der Waals surface area contributed by atoms with Crippen LogP contribution >= 0.6 is 11.8 Å². The number of nitro benzene ring substituents is 1.